The molecule has 0 fully saturated rings. The number of fused-ring (bicyclic) bond motifs is 1. The molecule has 4 aromatic rings. The van der Waals surface area contributed by atoms with E-state index in [9.17, 15) is 4.79 Å². The van der Waals surface area contributed by atoms with Gasteiger partial charge in [-0.1, -0.05) is 54.9 Å². The molecule has 0 aliphatic carbocycles. The highest BCUT2D eigenvalue weighted by Gasteiger charge is 2.28. The summed E-state index contributed by atoms with van der Waals surface area (Å²) in [7, 11) is 0. The number of carbonyl (C=O) groups is 1. The predicted molar refractivity (Wildman–Crippen MR) is 146 cm³/mol. The minimum absolute atomic E-state index is 0.161. The number of hydrogen-bond acceptors (Lipinski definition) is 4. The Morgan fingerprint density at radius 2 is 1.77 bits per heavy atom. The van der Waals surface area contributed by atoms with E-state index < -0.39 is 5.97 Å². The first kappa shape index (κ1) is 25.0. The first-order chi connectivity index (χ1) is 16.4. The number of nitrogens with one attached hydrogen (secondary N) is 1. The summed E-state index contributed by atoms with van der Waals surface area (Å²) in [6, 6.07) is 18.9. The molecule has 0 aliphatic rings. The standard InChI is InChI=1S/C29H32BrN3O2/c1-19-13-14-33-24(15-19)31-25(26(33)32-29(5,6)18-28(2,3)4)20-9-8-12-23(17-20)35-27(34)21-10-7-11-22(30)16-21/h7-17,32H,18H2,1-6H3. The van der Waals surface area contributed by atoms with E-state index in [1.54, 1.807) is 18.2 Å². The number of carbonyl (C=O) groups excluding carboxylic acids is 1. The fourth-order valence-corrected chi connectivity index (χ4v) is 5.05. The molecule has 2 heterocycles. The van der Waals surface area contributed by atoms with Gasteiger partial charge in [-0.05, 0) is 80.6 Å². The lowest BCUT2D eigenvalue weighted by molar-refractivity contribution is 0.0734. The summed E-state index contributed by atoms with van der Waals surface area (Å²) in [6.07, 6.45) is 3.02. The van der Waals surface area contributed by atoms with Crippen LogP contribution in [-0.4, -0.2) is 20.9 Å². The summed E-state index contributed by atoms with van der Waals surface area (Å²) in [6.45, 7) is 13.2. The molecule has 0 atom stereocenters. The van der Waals surface area contributed by atoms with Crippen LogP contribution in [0.15, 0.2) is 71.3 Å². The minimum atomic E-state index is -0.404. The van der Waals surface area contributed by atoms with Crippen molar-refractivity contribution in [2.45, 2.75) is 53.5 Å². The highest BCUT2D eigenvalue weighted by Crippen LogP contribution is 2.36. The predicted octanol–water partition coefficient (Wildman–Crippen LogP) is 7.92. The highest BCUT2D eigenvalue weighted by molar-refractivity contribution is 9.10. The van der Waals surface area contributed by atoms with Gasteiger partial charge in [0, 0.05) is 21.8 Å². The van der Waals surface area contributed by atoms with Crippen LogP contribution < -0.4 is 10.1 Å². The molecule has 0 unspecified atom stereocenters. The molecule has 182 valence electrons. The van der Waals surface area contributed by atoms with Crippen LogP contribution in [-0.2, 0) is 0 Å². The van der Waals surface area contributed by atoms with Crippen molar-refractivity contribution >= 4 is 33.4 Å². The van der Waals surface area contributed by atoms with E-state index in [0.29, 0.717) is 11.3 Å². The third-order valence-corrected chi connectivity index (χ3v) is 6.08. The van der Waals surface area contributed by atoms with Crippen molar-refractivity contribution in [1.82, 2.24) is 9.38 Å². The average Bonchev–Trinajstić information content (AvgIpc) is 3.08. The Labute approximate surface area is 215 Å². The number of rotatable bonds is 6. The van der Waals surface area contributed by atoms with Crippen molar-refractivity contribution < 1.29 is 9.53 Å². The Kier molecular flexibility index (Phi) is 6.78. The van der Waals surface area contributed by atoms with Crippen molar-refractivity contribution in [2.24, 2.45) is 5.41 Å². The molecule has 2 aromatic carbocycles. The van der Waals surface area contributed by atoms with Gasteiger partial charge in [-0.15, -0.1) is 0 Å². The van der Waals surface area contributed by atoms with E-state index in [4.69, 9.17) is 9.72 Å². The Morgan fingerprint density at radius 1 is 1.03 bits per heavy atom. The van der Waals surface area contributed by atoms with Gasteiger partial charge in [-0.25, -0.2) is 9.78 Å². The first-order valence-electron chi connectivity index (χ1n) is 11.8. The van der Waals surface area contributed by atoms with E-state index in [0.717, 1.165) is 39.2 Å². The van der Waals surface area contributed by atoms with Crippen LogP contribution in [0, 0.1) is 12.3 Å². The fourth-order valence-electron chi connectivity index (χ4n) is 4.65. The lowest BCUT2D eigenvalue weighted by Crippen LogP contribution is -2.36. The summed E-state index contributed by atoms with van der Waals surface area (Å²) in [5, 5.41) is 3.76. The van der Waals surface area contributed by atoms with Gasteiger partial charge in [0.2, 0.25) is 0 Å². The van der Waals surface area contributed by atoms with Gasteiger partial charge in [0.25, 0.3) is 0 Å². The molecule has 5 nitrogen and oxygen atoms in total. The molecule has 6 heteroatoms. The van der Waals surface area contributed by atoms with Crippen molar-refractivity contribution in [2.75, 3.05) is 5.32 Å². The molecule has 4 rings (SSSR count). The summed E-state index contributed by atoms with van der Waals surface area (Å²) in [5.74, 6) is 0.990. The molecule has 0 saturated heterocycles. The molecule has 0 saturated carbocycles. The van der Waals surface area contributed by atoms with Crippen LogP contribution in [0.2, 0.25) is 0 Å². The number of aryl methyl sites for hydroxylation is 1. The van der Waals surface area contributed by atoms with Gasteiger partial charge in [-0.3, -0.25) is 4.40 Å². The number of pyridine rings is 1. The summed E-state index contributed by atoms with van der Waals surface area (Å²) < 4.78 is 8.62. The molecule has 0 radical (unpaired) electrons. The van der Waals surface area contributed by atoms with Crippen molar-refractivity contribution in [1.29, 1.82) is 0 Å². The van der Waals surface area contributed by atoms with Crippen LogP contribution in [0.1, 0.15) is 57.0 Å². The number of halogens is 1. The average molecular weight is 534 g/mol. The summed E-state index contributed by atoms with van der Waals surface area (Å²) in [4.78, 5) is 17.7. The van der Waals surface area contributed by atoms with Gasteiger partial charge in [-0.2, -0.15) is 0 Å². The van der Waals surface area contributed by atoms with Crippen LogP contribution in [0.5, 0.6) is 5.75 Å². The summed E-state index contributed by atoms with van der Waals surface area (Å²) in [5.41, 5.74) is 4.18. The second-order valence-corrected chi connectivity index (χ2v) is 11.8. The molecule has 0 amide bonds. The van der Waals surface area contributed by atoms with E-state index in [-0.39, 0.29) is 11.0 Å². The molecule has 0 bridgehead atoms. The Balaban J connectivity index is 1.72. The normalized spacial score (nSPS) is 12.1. The zero-order valence-electron chi connectivity index (χ0n) is 21.1. The number of imidazole rings is 1. The van der Waals surface area contributed by atoms with E-state index in [1.165, 1.54) is 0 Å². The SMILES string of the molecule is Cc1ccn2c(NC(C)(C)CC(C)(C)C)c(-c3cccc(OC(=O)c4cccc(Br)c4)c3)nc2c1. The number of hydrogen-bond donors (Lipinski definition) is 1. The Hall–Kier alpha value is -3.12. The summed E-state index contributed by atoms with van der Waals surface area (Å²) >= 11 is 3.40. The van der Waals surface area contributed by atoms with Crippen molar-refractivity contribution in [3.8, 4) is 17.0 Å². The van der Waals surface area contributed by atoms with Gasteiger partial charge in [0.15, 0.2) is 0 Å². The number of nitrogens with zero attached hydrogens (tertiary/aromatic N) is 2. The zero-order valence-corrected chi connectivity index (χ0v) is 22.7. The van der Waals surface area contributed by atoms with Gasteiger partial charge < -0.3 is 10.1 Å². The molecular weight excluding hydrogens is 502 g/mol. The minimum Gasteiger partial charge on any atom is -0.423 e. The maximum Gasteiger partial charge on any atom is 0.343 e. The smallest absolute Gasteiger partial charge is 0.343 e. The highest BCUT2D eigenvalue weighted by atomic mass is 79.9. The lowest BCUT2D eigenvalue weighted by Gasteiger charge is -2.34. The van der Waals surface area contributed by atoms with Crippen molar-refractivity contribution in [3.05, 3.63) is 82.5 Å². The Bertz CT molecular complexity index is 1380. The quantitative estimate of drug-likeness (QED) is 0.202. The van der Waals surface area contributed by atoms with Crippen LogP contribution in [0.25, 0.3) is 16.9 Å². The molecule has 35 heavy (non-hydrogen) atoms. The molecular formula is C29H32BrN3O2. The molecule has 2 aromatic heterocycles. The number of ether oxygens (including phenoxy) is 1. The van der Waals surface area contributed by atoms with Crippen LogP contribution >= 0.6 is 15.9 Å². The third-order valence-electron chi connectivity index (χ3n) is 5.59. The van der Waals surface area contributed by atoms with Crippen molar-refractivity contribution in [3.63, 3.8) is 0 Å². The number of aromatic nitrogens is 2. The number of anilines is 1. The second-order valence-electron chi connectivity index (χ2n) is 10.9. The Morgan fingerprint density at radius 3 is 2.49 bits per heavy atom. The van der Waals surface area contributed by atoms with Crippen LogP contribution in [0.3, 0.4) is 0 Å². The maximum absolute atomic E-state index is 12.7. The number of benzene rings is 2. The third kappa shape index (κ3) is 6.12. The fraction of sp³-hybridized carbons (Fsp3) is 0.310. The maximum atomic E-state index is 12.7. The van der Waals surface area contributed by atoms with Gasteiger partial charge >= 0.3 is 5.97 Å². The largest absolute Gasteiger partial charge is 0.423 e. The van der Waals surface area contributed by atoms with E-state index in [2.05, 4.69) is 79.3 Å². The lowest BCUT2D eigenvalue weighted by atomic mass is 9.82. The topological polar surface area (TPSA) is 55.6 Å². The van der Waals surface area contributed by atoms with E-state index in [1.807, 2.05) is 36.5 Å². The number of esters is 1. The monoisotopic (exact) mass is 533 g/mol. The van der Waals surface area contributed by atoms with Gasteiger partial charge in [0.1, 0.15) is 22.9 Å². The first-order valence-corrected chi connectivity index (χ1v) is 12.5. The second kappa shape index (κ2) is 9.50. The molecule has 1 N–H and O–H groups in total. The molecule has 0 spiro atoms. The van der Waals surface area contributed by atoms with Crippen LogP contribution in [0.4, 0.5) is 5.82 Å². The molecule has 0 aliphatic heterocycles. The van der Waals surface area contributed by atoms with Gasteiger partial charge in [0.05, 0.1) is 5.56 Å². The zero-order chi connectivity index (χ0) is 25.4. The van der Waals surface area contributed by atoms with E-state index >= 15 is 0 Å².